The van der Waals surface area contributed by atoms with E-state index in [2.05, 4.69) is 28.6 Å². The van der Waals surface area contributed by atoms with E-state index in [1.807, 2.05) is 11.0 Å². The minimum Gasteiger partial charge on any atom is -0.465 e. The quantitative estimate of drug-likeness (QED) is 0.728. The second-order valence-electron chi connectivity index (χ2n) is 7.58. The van der Waals surface area contributed by atoms with Crippen molar-refractivity contribution in [2.45, 2.75) is 38.8 Å². The van der Waals surface area contributed by atoms with Crippen molar-refractivity contribution >= 4 is 17.9 Å². The molecule has 2 aliphatic rings. The number of esters is 1. The Labute approximate surface area is 166 Å². The van der Waals surface area contributed by atoms with Gasteiger partial charge in [0.05, 0.1) is 12.7 Å². The van der Waals surface area contributed by atoms with Crippen LogP contribution in [0.25, 0.3) is 0 Å². The number of methoxy groups -OCH3 is 1. The molecule has 0 radical (unpaired) electrons. The number of hydrogen-bond donors (Lipinski definition) is 0. The van der Waals surface area contributed by atoms with E-state index in [9.17, 15) is 9.59 Å². The van der Waals surface area contributed by atoms with Crippen LogP contribution in [0.2, 0.25) is 0 Å². The van der Waals surface area contributed by atoms with E-state index >= 15 is 0 Å². The third-order valence-electron chi connectivity index (χ3n) is 5.51. The molecule has 2 fully saturated rings. The summed E-state index contributed by atoms with van der Waals surface area (Å²) < 4.78 is 10.4. The third-order valence-corrected chi connectivity index (χ3v) is 5.51. The summed E-state index contributed by atoms with van der Waals surface area (Å²) in [6.07, 6.45) is 2.84. The maximum atomic E-state index is 12.4. The number of hydrogen-bond acceptors (Lipinski definition) is 7. The van der Waals surface area contributed by atoms with E-state index in [0.29, 0.717) is 11.6 Å². The molecular formula is C20H30N4O4. The lowest BCUT2D eigenvalue weighted by Crippen LogP contribution is -2.51. The van der Waals surface area contributed by atoms with Crippen LogP contribution in [0.1, 0.15) is 37.0 Å². The molecule has 0 N–H and O–H groups in total. The van der Waals surface area contributed by atoms with E-state index in [1.165, 1.54) is 13.3 Å². The second kappa shape index (κ2) is 9.23. The lowest BCUT2D eigenvalue weighted by Gasteiger charge is -2.38. The van der Waals surface area contributed by atoms with Gasteiger partial charge < -0.3 is 19.3 Å². The average Bonchev–Trinajstić information content (AvgIpc) is 2.74. The zero-order chi connectivity index (χ0) is 20.1. The first-order chi connectivity index (χ1) is 13.5. The number of carbonyl (C=O) groups excluding carboxylic acids is 2. The summed E-state index contributed by atoms with van der Waals surface area (Å²) in [7, 11) is 1.35. The number of piperazine rings is 1. The lowest BCUT2D eigenvalue weighted by molar-refractivity contribution is 0.0337. The van der Waals surface area contributed by atoms with Crippen LogP contribution in [0, 0.1) is 0 Å². The lowest BCUT2D eigenvalue weighted by atomic mass is 10.1. The van der Waals surface area contributed by atoms with Gasteiger partial charge in [0.2, 0.25) is 0 Å². The molecule has 8 nitrogen and oxygen atoms in total. The van der Waals surface area contributed by atoms with Gasteiger partial charge in [-0.15, -0.1) is 0 Å². The van der Waals surface area contributed by atoms with Crippen LogP contribution in [-0.4, -0.2) is 85.4 Å². The first-order valence-electron chi connectivity index (χ1n) is 9.97. The van der Waals surface area contributed by atoms with Crippen molar-refractivity contribution in [2.24, 2.45) is 0 Å². The van der Waals surface area contributed by atoms with Crippen molar-refractivity contribution in [3.05, 3.63) is 23.9 Å². The van der Waals surface area contributed by atoms with Crippen LogP contribution < -0.4 is 4.90 Å². The van der Waals surface area contributed by atoms with Gasteiger partial charge in [-0.2, -0.15) is 0 Å². The molecule has 0 bridgehead atoms. The highest BCUT2D eigenvalue weighted by molar-refractivity contribution is 5.89. The zero-order valence-corrected chi connectivity index (χ0v) is 17.0. The van der Waals surface area contributed by atoms with E-state index in [0.717, 1.165) is 57.9 Å². The van der Waals surface area contributed by atoms with Crippen molar-refractivity contribution in [1.82, 2.24) is 14.8 Å². The number of nitrogens with zero attached hydrogens (tertiary/aromatic N) is 4. The summed E-state index contributed by atoms with van der Waals surface area (Å²) in [5.41, 5.74) is 0.438. The van der Waals surface area contributed by atoms with Crippen LogP contribution in [0.5, 0.6) is 0 Å². The molecule has 2 aliphatic heterocycles. The molecule has 154 valence electrons. The normalized spacial score (nSPS) is 19.0. The molecule has 0 spiro atoms. The third kappa shape index (κ3) is 4.92. The summed E-state index contributed by atoms with van der Waals surface area (Å²) >= 11 is 0. The van der Waals surface area contributed by atoms with E-state index in [-0.39, 0.29) is 18.2 Å². The van der Waals surface area contributed by atoms with E-state index in [1.54, 1.807) is 6.07 Å². The van der Waals surface area contributed by atoms with Gasteiger partial charge in [-0.25, -0.2) is 14.6 Å². The minimum absolute atomic E-state index is 0.0544. The Morgan fingerprint density at radius 2 is 1.75 bits per heavy atom. The highest BCUT2D eigenvalue weighted by atomic mass is 16.6. The summed E-state index contributed by atoms with van der Waals surface area (Å²) in [6, 6.07) is 4.06. The Morgan fingerprint density at radius 1 is 1.07 bits per heavy atom. The number of piperidine rings is 1. The first-order valence-corrected chi connectivity index (χ1v) is 9.97. The smallest absolute Gasteiger partial charge is 0.410 e. The molecule has 0 unspecified atom stereocenters. The summed E-state index contributed by atoms with van der Waals surface area (Å²) in [4.78, 5) is 34.6. The van der Waals surface area contributed by atoms with Crippen molar-refractivity contribution in [3.63, 3.8) is 0 Å². The van der Waals surface area contributed by atoms with Gasteiger partial charge in [0, 0.05) is 64.3 Å². The molecule has 3 rings (SSSR count). The number of amides is 1. The van der Waals surface area contributed by atoms with Gasteiger partial charge in [-0.05, 0) is 26.0 Å². The molecule has 8 heteroatoms. The number of rotatable bonds is 4. The van der Waals surface area contributed by atoms with Gasteiger partial charge in [-0.1, -0.05) is 0 Å². The predicted octanol–water partition coefficient (Wildman–Crippen LogP) is 2.00. The second-order valence-corrected chi connectivity index (χ2v) is 7.58. The Bertz CT molecular complexity index is 663. The Morgan fingerprint density at radius 3 is 2.29 bits per heavy atom. The number of anilines is 1. The number of carbonyl (C=O) groups is 2. The van der Waals surface area contributed by atoms with Crippen LogP contribution in [0.3, 0.4) is 0 Å². The van der Waals surface area contributed by atoms with Crippen molar-refractivity contribution in [2.75, 3.05) is 51.3 Å². The fourth-order valence-electron chi connectivity index (χ4n) is 3.65. The van der Waals surface area contributed by atoms with Crippen LogP contribution >= 0.6 is 0 Å². The van der Waals surface area contributed by atoms with Gasteiger partial charge in [0.25, 0.3) is 0 Å². The van der Waals surface area contributed by atoms with E-state index < -0.39 is 0 Å². The molecule has 0 aliphatic carbocycles. The standard InChI is InChI=1S/C20H30N4O4/c1-15(2)22-10-12-24(13-11-22)20(26)28-17-6-8-23(9-7-17)18-5-4-16(14-21-18)19(25)27-3/h4-5,14-15,17H,6-13H2,1-3H3. The largest absolute Gasteiger partial charge is 0.465 e. The number of pyridine rings is 1. The monoisotopic (exact) mass is 390 g/mol. The van der Waals surface area contributed by atoms with Crippen LogP contribution in [-0.2, 0) is 9.47 Å². The molecule has 1 aromatic rings. The number of aromatic nitrogens is 1. The molecule has 1 aromatic heterocycles. The SMILES string of the molecule is COC(=O)c1ccc(N2CCC(OC(=O)N3CCN(C(C)C)CC3)CC2)nc1. The van der Waals surface area contributed by atoms with Gasteiger partial charge in [0.1, 0.15) is 11.9 Å². The zero-order valence-electron chi connectivity index (χ0n) is 17.0. The highest BCUT2D eigenvalue weighted by Crippen LogP contribution is 2.21. The number of ether oxygens (including phenoxy) is 2. The Balaban J connectivity index is 1.44. The summed E-state index contributed by atoms with van der Waals surface area (Å²) in [5, 5.41) is 0. The summed E-state index contributed by atoms with van der Waals surface area (Å²) in [5.74, 6) is 0.432. The van der Waals surface area contributed by atoms with Crippen LogP contribution in [0.15, 0.2) is 18.3 Å². The topological polar surface area (TPSA) is 75.2 Å². The Kier molecular flexibility index (Phi) is 6.72. The molecule has 3 heterocycles. The average molecular weight is 390 g/mol. The molecule has 0 atom stereocenters. The maximum Gasteiger partial charge on any atom is 0.410 e. The molecule has 0 saturated carbocycles. The van der Waals surface area contributed by atoms with Gasteiger partial charge in [-0.3, -0.25) is 4.90 Å². The van der Waals surface area contributed by atoms with Gasteiger partial charge >= 0.3 is 12.1 Å². The molecular weight excluding hydrogens is 360 g/mol. The van der Waals surface area contributed by atoms with E-state index in [4.69, 9.17) is 9.47 Å². The molecule has 0 aromatic carbocycles. The first kappa shape index (κ1) is 20.4. The van der Waals surface area contributed by atoms with Crippen LogP contribution in [0.4, 0.5) is 10.6 Å². The fraction of sp³-hybridized carbons (Fsp3) is 0.650. The summed E-state index contributed by atoms with van der Waals surface area (Å²) in [6.45, 7) is 9.15. The predicted molar refractivity (Wildman–Crippen MR) is 106 cm³/mol. The van der Waals surface area contributed by atoms with Gasteiger partial charge in [0.15, 0.2) is 0 Å². The minimum atomic E-state index is -0.390. The van der Waals surface area contributed by atoms with Crippen molar-refractivity contribution in [1.29, 1.82) is 0 Å². The fourth-order valence-corrected chi connectivity index (χ4v) is 3.65. The Hall–Kier alpha value is -2.35. The highest BCUT2D eigenvalue weighted by Gasteiger charge is 2.28. The molecule has 1 amide bonds. The molecule has 2 saturated heterocycles. The van der Waals surface area contributed by atoms with Crippen molar-refractivity contribution < 1.29 is 19.1 Å². The maximum absolute atomic E-state index is 12.4. The van der Waals surface area contributed by atoms with Crippen molar-refractivity contribution in [3.8, 4) is 0 Å². The molecule has 28 heavy (non-hydrogen) atoms.